The smallest absolute Gasteiger partial charge is 0.186 e. The maximum Gasteiger partial charge on any atom is 0.186 e. The molecule has 4 saturated carbocycles. The van der Waals surface area contributed by atoms with Crippen molar-refractivity contribution in [3.05, 3.63) is 0 Å². The second kappa shape index (κ2) is 10.7. The van der Waals surface area contributed by atoms with Gasteiger partial charge in [-0.15, -0.1) is 0 Å². The molecule has 9 nitrogen and oxygen atoms in total. The maximum atomic E-state index is 13.9. The van der Waals surface area contributed by atoms with E-state index in [1.54, 1.807) is 0 Å². The van der Waals surface area contributed by atoms with Crippen molar-refractivity contribution in [2.45, 2.75) is 127 Å². The Hall–Kier alpha value is -0.650. The van der Waals surface area contributed by atoms with Gasteiger partial charge in [-0.05, 0) is 105 Å². The van der Waals surface area contributed by atoms with E-state index in [-0.39, 0.29) is 23.5 Å². The summed E-state index contributed by atoms with van der Waals surface area (Å²) in [7, 11) is 0. The fourth-order valence-corrected chi connectivity index (χ4v) is 11.8. The van der Waals surface area contributed by atoms with Crippen LogP contribution in [0.3, 0.4) is 0 Å². The van der Waals surface area contributed by atoms with Crippen molar-refractivity contribution in [2.75, 3.05) is 19.7 Å². The number of aliphatic hydroxyl groups is 5. The van der Waals surface area contributed by atoms with E-state index < -0.39 is 42.9 Å². The first-order valence-corrected chi connectivity index (χ1v) is 16.9. The van der Waals surface area contributed by atoms with Gasteiger partial charge in [0.15, 0.2) is 6.29 Å². The van der Waals surface area contributed by atoms with Gasteiger partial charge >= 0.3 is 0 Å². The number of rotatable bonds is 3. The van der Waals surface area contributed by atoms with Crippen LogP contribution in [0.1, 0.15) is 78.6 Å². The van der Waals surface area contributed by atoms with Crippen LogP contribution in [0.25, 0.3) is 0 Å². The van der Waals surface area contributed by atoms with Crippen molar-refractivity contribution < 1.29 is 39.8 Å². The number of piperidine rings is 2. The molecule has 0 bridgehead atoms. The van der Waals surface area contributed by atoms with E-state index in [1.165, 1.54) is 6.42 Å². The molecule has 7 aliphatic rings. The van der Waals surface area contributed by atoms with Crippen LogP contribution in [0.2, 0.25) is 0 Å². The molecule has 3 saturated heterocycles. The molecular formula is C33H53NO8. The summed E-state index contributed by atoms with van der Waals surface area (Å²) in [6.07, 6.45) is 1.67. The van der Waals surface area contributed by atoms with E-state index in [1.807, 2.05) is 0 Å². The lowest BCUT2D eigenvalue weighted by Gasteiger charge is -2.59. The summed E-state index contributed by atoms with van der Waals surface area (Å²) in [4.78, 5) is 16.5. The molecular weight excluding hydrogens is 538 g/mol. The van der Waals surface area contributed by atoms with Crippen molar-refractivity contribution in [1.29, 1.82) is 0 Å². The molecule has 5 N–H and O–H groups in total. The van der Waals surface area contributed by atoms with Crippen molar-refractivity contribution in [3.63, 3.8) is 0 Å². The molecule has 0 spiro atoms. The molecule has 0 radical (unpaired) electrons. The SMILES string of the molecule is C[C@H]1CC[C@@H]2N(C1)C[C@H]1[C@@H]3C[C@H]4[C@@H](CC(=O)[C@@H]5C[C@@H](O[C@@H]6O[C@H](CO)[C@@H](O)[C@H](O)[C@H]6O)CC[C@@]54C)[C@@H]3CC[C@@H]1[C@]2(C)O. The lowest BCUT2D eigenvalue weighted by Crippen LogP contribution is -2.67. The van der Waals surface area contributed by atoms with Crippen LogP contribution >= 0.6 is 0 Å². The monoisotopic (exact) mass is 591 g/mol. The number of carbonyl (C=O) groups is 1. The second-order valence-electron chi connectivity index (χ2n) is 16.0. The number of fused-ring (bicyclic) bond motifs is 8. The highest BCUT2D eigenvalue weighted by Crippen LogP contribution is 2.66. The number of nitrogens with zero attached hydrogens (tertiary/aromatic N) is 1. The van der Waals surface area contributed by atoms with Gasteiger partial charge < -0.3 is 35.0 Å². The number of hydrogen-bond acceptors (Lipinski definition) is 9. The third-order valence-corrected chi connectivity index (χ3v) is 14.0. The van der Waals surface area contributed by atoms with Crippen LogP contribution in [0.15, 0.2) is 0 Å². The molecule has 0 aromatic rings. The molecule has 17 atom stereocenters. The van der Waals surface area contributed by atoms with Crippen LogP contribution < -0.4 is 0 Å². The van der Waals surface area contributed by atoms with Gasteiger partial charge in [0.2, 0.25) is 0 Å². The zero-order chi connectivity index (χ0) is 29.7. The first-order valence-electron chi connectivity index (χ1n) is 16.9. The first-order chi connectivity index (χ1) is 19.9. The molecule has 4 aliphatic carbocycles. The minimum absolute atomic E-state index is 0.0958. The molecule has 42 heavy (non-hydrogen) atoms. The summed E-state index contributed by atoms with van der Waals surface area (Å²) in [5.41, 5.74) is -0.745. The van der Waals surface area contributed by atoms with Gasteiger partial charge in [0.1, 0.15) is 30.2 Å². The number of carbonyl (C=O) groups excluding carboxylic acids is 1. The third-order valence-electron chi connectivity index (χ3n) is 14.0. The summed E-state index contributed by atoms with van der Waals surface area (Å²) in [5, 5.41) is 52.4. The molecule has 7 fully saturated rings. The van der Waals surface area contributed by atoms with Crippen molar-refractivity contribution >= 4 is 5.78 Å². The normalized spacial score (nSPS) is 57.9. The van der Waals surface area contributed by atoms with Crippen LogP contribution in [0, 0.1) is 52.8 Å². The van der Waals surface area contributed by atoms with E-state index in [2.05, 4.69) is 25.7 Å². The van der Waals surface area contributed by atoms with Gasteiger partial charge in [-0.3, -0.25) is 9.69 Å². The Balaban J connectivity index is 1.07. The Labute approximate surface area is 249 Å². The van der Waals surface area contributed by atoms with E-state index in [4.69, 9.17) is 9.47 Å². The topological polar surface area (TPSA) is 140 Å². The molecule has 0 amide bonds. The van der Waals surface area contributed by atoms with Gasteiger partial charge in [0.05, 0.1) is 18.3 Å². The summed E-state index contributed by atoms with van der Waals surface area (Å²) in [5.74, 6) is 3.79. The van der Waals surface area contributed by atoms with Crippen molar-refractivity contribution in [2.24, 2.45) is 52.8 Å². The molecule has 3 aliphatic heterocycles. The maximum absolute atomic E-state index is 13.9. The zero-order valence-electron chi connectivity index (χ0n) is 25.6. The number of ketones is 1. The Morgan fingerprint density at radius 2 is 1.69 bits per heavy atom. The number of Topliss-reactive ketones (excluding diaryl/α,β-unsaturated/α-hetero) is 1. The van der Waals surface area contributed by atoms with Crippen LogP contribution in [0.4, 0.5) is 0 Å². The predicted molar refractivity (Wildman–Crippen MR) is 153 cm³/mol. The first kappa shape index (κ1) is 30.0. The van der Waals surface area contributed by atoms with Gasteiger partial charge in [-0.25, -0.2) is 0 Å². The number of hydrogen-bond donors (Lipinski definition) is 5. The lowest BCUT2D eigenvalue weighted by molar-refractivity contribution is -0.315. The standard InChI is InChI=1S/C33H53NO8/c1-16-4-7-27-33(3,40)22-6-5-18-19(21(22)14-34(27)13-16)11-23-20(18)12-25(36)24-10-17(8-9-32(23,24)2)41-31-30(39)29(38)28(37)26(15-35)42-31/h16-24,26-31,35,37-40H,4-15H2,1-3H3/t16-,17-,18+,19+,20-,21-,22-,23-,24-,26+,27-,28+,29-,30+,31+,32+,33-/m0/s1. The van der Waals surface area contributed by atoms with Crippen LogP contribution in [-0.4, -0.2) is 104 Å². The minimum atomic E-state index is -1.47. The van der Waals surface area contributed by atoms with E-state index in [9.17, 15) is 30.3 Å². The summed E-state index contributed by atoms with van der Waals surface area (Å²) in [6, 6.07) is 0.276. The summed E-state index contributed by atoms with van der Waals surface area (Å²) < 4.78 is 11.8. The van der Waals surface area contributed by atoms with Gasteiger partial charge in [-0.1, -0.05) is 13.8 Å². The predicted octanol–water partition coefficient (Wildman–Crippen LogP) is 1.71. The van der Waals surface area contributed by atoms with Gasteiger partial charge in [0.25, 0.3) is 0 Å². The third kappa shape index (κ3) is 4.50. The van der Waals surface area contributed by atoms with E-state index >= 15 is 0 Å². The molecule has 238 valence electrons. The van der Waals surface area contributed by atoms with Crippen molar-refractivity contribution in [3.8, 4) is 0 Å². The van der Waals surface area contributed by atoms with Crippen LogP contribution in [-0.2, 0) is 14.3 Å². The number of ether oxygens (including phenoxy) is 2. The van der Waals surface area contributed by atoms with Crippen LogP contribution in [0.5, 0.6) is 0 Å². The van der Waals surface area contributed by atoms with E-state index in [0.29, 0.717) is 60.1 Å². The Morgan fingerprint density at radius 3 is 2.45 bits per heavy atom. The average molecular weight is 592 g/mol. The molecule has 0 unspecified atom stereocenters. The molecule has 3 heterocycles. The summed E-state index contributed by atoms with van der Waals surface area (Å²) in [6.45, 7) is 8.49. The molecule has 0 aromatic carbocycles. The molecule has 9 heteroatoms. The molecule has 0 aromatic heterocycles. The quantitative estimate of drug-likeness (QED) is 0.310. The van der Waals surface area contributed by atoms with Gasteiger partial charge in [0, 0.05) is 31.5 Å². The Morgan fingerprint density at radius 1 is 0.905 bits per heavy atom. The highest BCUT2D eigenvalue weighted by Gasteiger charge is 2.64. The zero-order valence-corrected chi connectivity index (χ0v) is 25.6. The van der Waals surface area contributed by atoms with E-state index in [0.717, 1.165) is 51.6 Å². The fraction of sp³-hybridized carbons (Fsp3) is 0.970. The minimum Gasteiger partial charge on any atom is -0.394 e. The molecule has 7 rings (SSSR count). The Kier molecular flexibility index (Phi) is 7.66. The van der Waals surface area contributed by atoms with Crippen molar-refractivity contribution in [1.82, 2.24) is 4.90 Å². The van der Waals surface area contributed by atoms with Gasteiger partial charge in [-0.2, -0.15) is 0 Å². The Bertz CT molecular complexity index is 1040. The highest BCUT2D eigenvalue weighted by atomic mass is 16.7. The average Bonchev–Trinajstić information content (AvgIpc) is 3.33. The second-order valence-corrected chi connectivity index (χ2v) is 16.0. The number of aliphatic hydroxyl groups excluding tert-OH is 4. The lowest BCUT2D eigenvalue weighted by atomic mass is 9.51. The highest BCUT2D eigenvalue weighted by molar-refractivity contribution is 5.83. The summed E-state index contributed by atoms with van der Waals surface area (Å²) >= 11 is 0. The largest absolute Gasteiger partial charge is 0.394 e. The fourth-order valence-electron chi connectivity index (χ4n) is 11.8.